The summed E-state index contributed by atoms with van der Waals surface area (Å²) in [7, 11) is 1.65. The largest absolute Gasteiger partial charge is 0.497 e. The van der Waals surface area contributed by atoms with Crippen molar-refractivity contribution in [1.82, 2.24) is 19.6 Å². The molecule has 0 aliphatic carbocycles. The quantitative estimate of drug-likeness (QED) is 0.744. The summed E-state index contributed by atoms with van der Waals surface area (Å²) in [6, 6.07) is 7.96. The second-order valence-corrected chi connectivity index (χ2v) is 6.97. The molecule has 1 aromatic carbocycles. The van der Waals surface area contributed by atoms with Gasteiger partial charge in [0.1, 0.15) is 5.75 Å². The monoisotopic (exact) mass is 341 g/mol. The summed E-state index contributed by atoms with van der Waals surface area (Å²) in [6.07, 6.45) is 2.57. The zero-order valence-electron chi connectivity index (χ0n) is 15.0. The molecule has 2 aromatic heterocycles. The Hall–Kier alpha value is -2.83. The van der Waals surface area contributed by atoms with E-state index in [9.17, 15) is 4.79 Å². The third-order valence-corrected chi connectivity index (χ3v) is 4.03. The van der Waals surface area contributed by atoms with Crippen LogP contribution in [0, 0.1) is 0 Å². The second-order valence-electron chi connectivity index (χ2n) is 6.97. The van der Waals surface area contributed by atoms with Crippen LogP contribution < -0.4 is 15.7 Å². The first-order chi connectivity index (χ1) is 11.9. The van der Waals surface area contributed by atoms with Crippen molar-refractivity contribution >= 4 is 11.5 Å². The minimum atomic E-state index is -0.263. The van der Waals surface area contributed by atoms with Crippen LogP contribution in [0.1, 0.15) is 32.0 Å². The predicted molar refractivity (Wildman–Crippen MR) is 97.5 cm³/mol. The highest BCUT2D eigenvalue weighted by Gasteiger charge is 2.19. The Balaban J connectivity index is 1.81. The molecule has 0 spiro atoms. The van der Waals surface area contributed by atoms with E-state index in [2.05, 4.69) is 41.3 Å². The summed E-state index contributed by atoms with van der Waals surface area (Å²) >= 11 is 0. The normalized spacial score (nSPS) is 11.7. The summed E-state index contributed by atoms with van der Waals surface area (Å²) in [6.45, 7) is 6.87. The van der Waals surface area contributed by atoms with Crippen LogP contribution in [0.2, 0.25) is 0 Å². The summed E-state index contributed by atoms with van der Waals surface area (Å²) < 4.78 is 6.67. The van der Waals surface area contributed by atoms with E-state index in [0.717, 1.165) is 17.9 Å². The van der Waals surface area contributed by atoms with E-state index in [0.29, 0.717) is 18.0 Å². The third-order valence-electron chi connectivity index (χ3n) is 4.03. The Morgan fingerprint density at radius 1 is 1.24 bits per heavy atom. The molecule has 3 aromatic rings. The van der Waals surface area contributed by atoms with Gasteiger partial charge in [0.05, 0.1) is 12.8 Å². The maximum Gasteiger partial charge on any atom is 0.347 e. The Morgan fingerprint density at radius 3 is 2.60 bits per heavy atom. The van der Waals surface area contributed by atoms with Crippen LogP contribution in [0.15, 0.2) is 35.3 Å². The minimum absolute atomic E-state index is 0.169. The molecule has 0 saturated heterocycles. The highest BCUT2D eigenvalue weighted by molar-refractivity contribution is 5.62. The van der Waals surface area contributed by atoms with Gasteiger partial charge in [0, 0.05) is 18.2 Å². The molecule has 7 heteroatoms. The average molecular weight is 341 g/mol. The van der Waals surface area contributed by atoms with Crippen LogP contribution in [0.25, 0.3) is 5.65 Å². The van der Waals surface area contributed by atoms with Crippen molar-refractivity contribution in [3.05, 3.63) is 52.2 Å². The molecule has 0 atom stereocenters. The summed E-state index contributed by atoms with van der Waals surface area (Å²) in [5.74, 6) is 1.45. The number of fused-ring (bicyclic) bond motifs is 1. The highest BCUT2D eigenvalue weighted by Crippen LogP contribution is 2.22. The number of ether oxygens (including phenoxy) is 1. The molecule has 2 heterocycles. The van der Waals surface area contributed by atoms with E-state index in [1.165, 1.54) is 9.96 Å². The van der Waals surface area contributed by atoms with Crippen molar-refractivity contribution < 1.29 is 4.74 Å². The van der Waals surface area contributed by atoms with Crippen molar-refractivity contribution in [3.63, 3.8) is 0 Å². The van der Waals surface area contributed by atoms with Crippen molar-refractivity contribution in [2.24, 2.45) is 0 Å². The zero-order valence-corrected chi connectivity index (χ0v) is 15.0. The second kappa shape index (κ2) is 6.58. The Bertz CT molecular complexity index is 919. The molecular formula is C18H23N5O2. The number of aromatic nitrogens is 4. The van der Waals surface area contributed by atoms with Crippen LogP contribution in [-0.4, -0.2) is 33.2 Å². The van der Waals surface area contributed by atoms with Gasteiger partial charge in [0.25, 0.3) is 0 Å². The lowest BCUT2D eigenvalue weighted by Crippen LogP contribution is -2.20. The van der Waals surface area contributed by atoms with E-state index in [1.807, 2.05) is 24.3 Å². The smallest absolute Gasteiger partial charge is 0.347 e. The molecule has 0 amide bonds. The number of H-pyrrole nitrogens is 1. The summed E-state index contributed by atoms with van der Waals surface area (Å²) in [4.78, 5) is 16.6. The molecule has 0 aliphatic heterocycles. The number of aromatic amines is 1. The average Bonchev–Trinajstić information content (AvgIpc) is 2.96. The van der Waals surface area contributed by atoms with Gasteiger partial charge in [-0.05, 0) is 24.1 Å². The van der Waals surface area contributed by atoms with Gasteiger partial charge in [0.15, 0.2) is 5.82 Å². The number of hydrogen-bond donors (Lipinski definition) is 2. The zero-order chi connectivity index (χ0) is 18.0. The first-order valence-corrected chi connectivity index (χ1v) is 8.23. The number of benzene rings is 1. The number of nitrogens with zero attached hydrogens (tertiary/aromatic N) is 3. The molecule has 0 aliphatic rings. The van der Waals surface area contributed by atoms with Gasteiger partial charge in [-0.25, -0.2) is 19.3 Å². The van der Waals surface area contributed by atoms with Crippen LogP contribution in [0.4, 0.5) is 5.82 Å². The molecule has 2 N–H and O–H groups in total. The molecule has 25 heavy (non-hydrogen) atoms. The molecule has 7 nitrogen and oxygen atoms in total. The van der Waals surface area contributed by atoms with Gasteiger partial charge >= 0.3 is 5.69 Å². The van der Waals surface area contributed by atoms with Crippen molar-refractivity contribution in [2.75, 3.05) is 19.0 Å². The van der Waals surface area contributed by atoms with Crippen molar-refractivity contribution in [3.8, 4) is 5.75 Å². The van der Waals surface area contributed by atoms with Gasteiger partial charge in [-0.2, -0.15) is 0 Å². The summed E-state index contributed by atoms with van der Waals surface area (Å²) in [5, 5.41) is 9.86. The fraction of sp³-hybridized carbons (Fsp3) is 0.389. The van der Waals surface area contributed by atoms with Crippen molar-refractivity contribution in [1.29, 1.82) is 0 Å². The molecule has 0 fully saturated rings. The number of nitrogens with one attached hydrogen (secondary N) is 2. The molecule has 0 saturated carbocycles. The SMILES string of the molecule is COc1ccc(CCNc2nc(C(C)(C)C)cn3c(=O)[nH]nc23)cc1. The molecule has 132 valence electrons. The van der Waals surface area contributed by atoms with E-state index in [1.54, 1.807) is 13.3 Å². The number of hydrogen-bond acceptors (Lipinski definition) is 5. The lowest BCUT2D eigenvalue weighted by Gasteiger charge is -2.19. The Labute approximate surface area is 146 Å². The first-order valence-electron chi connectivity index (χ1n) is 8.23. The molecule has 0 unspecified atom stereocenters. The number of anilines is 1. The van der Waals surface area contributed by atoms with E-state index >= 15 is 0 Å². The molecule has 3 rings (SSSR count). The van der Waals surface area contributed by atoms with Gasteiger partial charge in [-0.3, -0.25) is 0 Å². The predicted octanol–water partition coefficient (Wildman–Crippen LogP) is 2.38. The first kappa shape index (κ1) is 17.0. The maximum atomic E-state index is 11.9. The van der Waals surface area contributed by atoms with Crippen molar-refractivity contribution in [2.45, 2.75) is 32.6 Å². The Kier molecular flexibility index (Phi) is 4.48. The van der Waals surface area contributed by atoms with E-state index in [-0.39, 0.29) is 11.1 Å². The number of rotatable bonds is 5. The Morgan fingerprint density at radius 2 is 1.96 bits per heavy atom. The van der Waals surface area contributed by atoms with Gasteiger partial charge in [-0.1, -0.05) is 32.9 Å². The lowest BCUT2D eigenvalue weighted by molar-refractivity contribution is 0.414. The maximum absolute atomic E-state index is 11.9. The standard InChI is InChI=1S/C18H23N5O2/c1-18(2,3)14-11-23-16(21-22-17(23)24)15(20-14)19-10-9-12-5-7-13(25-4)8-6-12/h5-8,11H,9-10H2,1-4H3,(H,19,20)(H,22,24). The third kappa shape index (κ3) is 3.65. The molecular weight excluding hydrogens is 318 g/mol. The topological polar surface area (TPSA) is 84.3 Å². The molecule has 0 radical (unpaired) electrons. The summed E-state index contributed by atoms with van der Waals surface area (Å²) in [5.41, 5.74) is 2.09. The van der Waals surface area contributed by atoms with Gasteiger partial charge < -0.3 is 10.1 Å². The van der Waals surface area contributed by atoms with Crippen LogP contribution in [-0.2, 0) is 11.8 Å². The van der Waals surface area contributed by atoms with Gasteiger partial charge in [0.2, 0.25) is 5.65 Å². The fourth-order valence-corrected chi connectivity index (χ4v) is 2.51. The van der Waals surface area contributed by atoms with E-state index in [4.69, 9.17) is 4.74 Å². The molecule has 0 bridgehead atoms. The van der Waals surface area contributed by atoms with Crippen LogP contribution >= 0.6 is 0 Å². The minimum Gasteiger partial charge on any atom is -0.497 e. The van der Waals surface area contributed by atoms with Gasteiger partial charge in [-0.15, -0.1) is 5.10 Å². The lowest BCUT2D eigenvalue weighted by atomic mass is 9.93. The van der Waals surface area contributed by atoms with Crippen LogP contribution in [0.5, 0.6) is 5.75 Å². The highest BCUT2D eigenvalue weighted by atomic mass is 16.5. The fourth-order valence-electron chi connectivity index (χ4n) is 2.51. The number of methoxy groups -OCH3 is 1. The van der Waals surface area contributed by atoms with Crippen LogP contribution in [0.3, 0.4) is 0 Å². The van der Waals surface area contributed by atoms with E-state index < -0.39 is 0 Å².